The van der Waals surface area contributed by atoms with Crippen molar-refractivity contribution in [2.24, 2.45) is 0 Å². The van der Waals surface area contributed by atoms with Crippen LogP contribution in [0.15, 0.2) is 162 Å². The van der Waals surface area contributed by atoms with E-state index in [-0.39, 0.29) is 0 Å². The fraction of sp³-hybridized carbons (Fsp3) is 0. The van der Waals surface area contributed by atoms with Crippen LogP contribution in [0.4, 0.5) is 0 Å². The van der Waals surface area contributed by atoms with Crippen LogP contribution in [0.1, 0.15) is 0 Å². The third-order valence-corrected chi connectivity index (χ3v) is 10.6. The van der Waals surface area contributed by atoms with Crippen LogP contribution in [-0.2, 0) is 0 Å². The topological polar surface area (TPSA) is 38.7 Å². The largest absolute Gasteiger partial charge is 0.208 e. The van der Waals surface area contributed by atoms with Crippen LogP contribution in [0.5, 0.6) is 0 Å². The van der Waals surface area contributed by atoms with Gasteiger partial charge in [0.25, 0.3) is 0 Å². The van der Waals surface area contributed by atoms with Crippen LogP contribution in [0.2, 0.25) is 0 Å². The Labute approximate surface area is 290 Å². The first kappa shape index (κ1) is 28.7. The molecule has 48 heavy (non-hydrogen) atoms. The molecule has 0 aliphatic heterocycles. The van der Waals surface area contributed by atoms with Crippen molar-refractivity contribution in [3.05, 3.63) is 162 Å². The van der Waals surface area contributed by atoms with Crippen LogP contribution >= 0.6 is 27.3 Å². The van der Waals surface area contributed by atoms with Gasteiger partial charge in [-0.05, 0) is 57.3 Å². The van der Waals surface area contributed by atoms with E-state index in [2.05, 4.69) is 143 Å². The van der Waals surface area contributed by atoms with E-state index in [1.54, 1.807) is 0 Å². The molecule has 0 unspecified atom stereocenters. The minimum absolute atomic E-state index is 0.645. The second-order valence-corrected chi connectivity index (χ2v) is 13.7. The highest BCUT2D eigenvalue weighted by atomic mass is 79.9. The maximum atomic E-state index is 5.12. The summed E-state index contributed by atoms with van der Waals surface area (Å²) in [5.41, 5.74) is 7.60. The van der Waals surface area contributed by atoms with Gasteiger partial charge in [-0.2, -0.15) is 0 Å². The molecule has 0 bridgehead atoms. The third-order valence-electron chi connectivity index (χ3n) is 8.85. The fourth-order valence-electron chi connectivity index (χ4n) is 6.49. The lowest BCUT2D eigenvalue weighted by Gasteiger charge is -2.13. The van der Waals surface area contributed by atoms with Crippen LogP contribution in [-0.4, -0.2) is 15.0 Å². The Morgan fingerprint density at radius 1 is 0.354 bits per heavy atom. The average Bonchev–Trinajstić information content (AvgIpc) is 3.54. The highest BCUT2D eigenvalue weighted by Crippen LogP contribution is 2.40. The Morgan fingerprint density at radius 3 is 1.62 bits per heavy atom. The van der Waals surface area contributed by atoms with Gasteiger partial charge in [-0.3, -0.25) is 0 Å². The lowest BCUT2D eigenvalue weighted by atomic mass is 9.94. The molecule has 0 saturated carbocycles. The van der Waals surface area contributed by atoms with Gasteiger partial charge in [0.05, 0.1) is 0 Å². The number of halogens is 1. The zero-order chi connectivity index (χ0) is 32.0. The van der Waals surface area contributed by atoms with E-state index in [9.17, 15) is 0 Å². The summed E-state index contributed by atoms with van der Waals surface area (Å²) in [6.07, 6.45) is 0. The van der Waals surface area contributed by atoms with Crippen molar-refractivity contribution in [3.63, 3.8) is 0 Å². The Hall–Kier alpha value is -5.49. The van der Waals surface area contributed by atoms with Gasteiger partial charge in [0.15, 0.2) is 17.5 Å². The first-order valence-electron chi connectivity index (χ1n) is 15.8. The van der Waals surface area contributed by atoms with E-state index in [1.807, 2.05) is 41.7 Å². The molecule has 0 spiro atoms. The molecule has 9 rings (SSSR count). The first-order chi connectivity index (χ1) is 23.7. The van der Waals surface area contributed by atoms with Crippen molar-refractivity contribution >= 4 is 58.2 Å². The monoisotopic (exact) mass is 695 g/mol. The van der Waals surface area contributed by atoms with Crippen LogP contribution in [0.25, 0.3) is 87.4 Å². The van der Waals surface area contributed by atoms with Gasteiger partial charge in [-0.1, -0.05) is 149 Å². The summed E-state index contributed by atoms with van der Waals surface area (Å²) in [4.78, 5) is 15.2. The first-order valence-corrected chi connectivity index (χ1v) is 17.4. The lowest BCUT2D eigenvalue weighted by molar-refractivity contribution is 1.08. The summed E-state index contributed by atoms with van der Waals surface area (Å²) >= 11 is 5.42. The molecular formula is C43H26BrN3S. The Bertz CT molecular complexity index is 2610. The highest BCUT2D eigenvalue weighted by Gasteiger charge is 2.17. The summed E-state index contributed by atoms with van der Waals surface area (Å²) in [6, 6.07) is 55.2. The number of aromatic nitrogens is 3. The predicted molar refractivity (Wildman–Crippen MR) is 205 cm³/mol. The molecule has 2 heterocycles. The summed E-state index contributed by atoms with van der Waals surface area (Å²) < 4.78 is 3.67. The van der Waals surface area contributed by atoms with Crippen molar-refractivity contribution in [2.75, 3.05) is 0 Å². The van der Waals surface area contributed by atoms with Crippen molar-refractivity contribution in [3.8, 4) is 56.4 Å². The minimum atomic E-state index is 0.645. The van der Waals surface area contributed by atoms with Crippen LogP contribution in [0, 0.1) is 0 Å². The Morgan fingerprint density at radius 2 is 0.875 bits per heavy atom. The van der Waals surface area contributed by atoms with E-state index >= 15 is 0 Å². The molecule has 0 saturated heterocycles. The summed E-state index contributed by atoms with van der Waals surface area (Å²) in [6.45, 7) is 0. The van der Waals surface area contributed by atoms with Crippen LogP contribution < -0.4 is 0 Å². The van der Waals surface area contributed by atoms with E-state index in [1.165, 1.54) is 36.9 Å². The molecule has 7 aromatic carbocycles. The molecule has 0 radical (unpaired) electrons. The Balaban J connectivity index is 1.18. The van der Waals surface area contributed by atoms with Gasteiger partial charge >= 0.3 is 0 Å². The van der Waals surface area contributed by atoms with Crippen molar-refractivity contribution < 1.29 is 0 Å². The van der Waals surface area contributed by atoms with Crippen molar-refractivity contribution in [1.29, 1.82) is 0 Å². The normalized spacial score (nSPS) is 11.4. The van der Waals surface area contributed by atoms with Gasteiger partial charge in [0, 0.05) is 41.3 Å². The van der Waals surface area contributed by atoms with E-state index in [0.29, 0.717) is 17.5 Å². The van der Waals surface area contributed by atoms with E-state index < -0.39 is 0 Å². The summed E-state index contributed by atoms with van der Waals surface area (Å²) in [7, 11) is 0. The molecule has 0 fully saturated rings. The minimum Gasteiger partial charge on any atom is -0.208 e. The smallest absolute Gasteiger partial charge is 0.164 e. The van der Waals surface area contributed by atoms with Gasteiger partial charge in [0.2, 0.25) is 0 Å². The number of hydrogen-bond acceptors (Lipinski definition) is 4. The number of benzene rings is 7. The lowest BCUT2D eigenvalue weighted by Crippen LogP contribution is -2.00. The second-order valence-electron chi connectivity index (χ2n) is 11.7. The number of hydrogen-bond donors (Lipinski definition) is 0. The van der Waals surface area contributed by atoms with Gasteiger partial charge in [0.1, 0.15) is 0 Å². The molecule has 0 N–H and O–H groups in total. The molecule has 0 amide bonds. The number of rotatable bonds is 5. The van der Waals surface area contributed by atoms with Gasteiger partial charge in [-0.15, -0.1) is 11.3 Å². The number of thiophene rings is 1. The second kappa shape index (κ2) is 11.9. The molecular weight excluding hydrogens is 670 g/mol. The molecule has 0 aliphatic carbocycles. The standard InChI is InChI=1S/C43H26BrN3S/c44-31-23-21-27(22-24-31)32-25-26-38(35-12-5-4-11-34(32)35)43-46-41(29-9-2-1-3-10-29)45-42(47-43)30-19-17-28(18-20-30)33-14-8-15-37-36-13-6-7-16-39(36)48-40(33)37/h1-26H. The maximum Gasteiger partial charge on any atom is 0.164 e. The van der Waals surface area contributed by atoms with E-state index in [0.717, 1.165) is 37.5 Å². The molecule has 9 aromatic rings. The van der Waals surface area contributed by atoms with Gasteiger partial charge in [-0.25, -0.2) is 15.0 Å². The van der Waals surface area contributed by atoms with Crippen LogP contribution in [0.3, 0.4) is 0 Å². The van der Waals surface area contributed by atoms with Crippen molar-refractivity contribution in [2.45, 2.75) is 0 Å². The third kappa shape index (κ3) is 5.09. The quantitative estimate of drug-likeness (QED) is 0.180. The predicted octanol–water partition coefficient (Wildman–Crippen LogP) is 12.5. The number of fused-ring (bicyclic) bond motifs is 4. The molecule has 5 heteroatoms. The maximum absolute atomic E-state index is 5.12. The SMILES string of the molecule is Brc1ccc(-c2ccc(-c3nc(-c4ccccc4)nc(-c4ccc(-c5cccc6c5sc5ccccc56)cc4)n3)c3ccccc23)cc1. The molecule has 0 aliphatic rings. The van der Waals surface area contributed by atoms with Crippen molar-refractivity contribution in [1.82, 2.24) is 15.0 Å². The number of nitrogens with zero attached hydrogens (tertiary/aromatic N) is 3. The summed E-state index contributed by atoms with van der Waals surface area (Å²) in [5.74, 6) is 1.94. The highest BCUT2D eigenvalue weighted by molar-refractivity contribution is 9.10. The van der Waals surface area contributed by atoms with Gasteiger partial charge < -0.3 is 0 Å². The summed E-state index contributed by atoms with van der Waals surface area (Å²) in [5, 5.41) is 4.85. The molecule has 0 atom stereocenters. The zero-order valence-corrected chi connectivity index (χ0v) is 28.0. The average molecular weight is 697 g/mol. The zero-order valence-electron chi connectivity index (χ0n) is 25.6. The Kier molecular flexibility index (Phi) is 7.15. The van der Waals surface area contributed by atoms with E-state index in [4.69, 9.17) is 15.0 Å². The molecule has 2 aromatic heterocycles. The molecule has 3 nitrogen and oxygen atoms in total. The fourth-order valence-corrected chi connectivity index (χ4v) is 7.99. The molecule has 226 valence electrons.